The van der Waals surface area contributed by atoms with Crippen molar-refractivity contribution in [3.8, 4) is 22.8 Å². The molecule has 0 aliphatic carbocycles. The van der Waals surface area contributed by atoms with Crippen molar-refractivity contribution >= 4 is 23.2 Å². The Morgan fingerprint density at radius 3 is 2.48 bits per heavy atom. The van der Waals surface area contributed by atoms with Gasteiger partial charge >= 0.3 is 0 Å². The van der Waals surface area contributed by atoms with E-state index >= 15 is 0 Å². The fourth-order valence-electron chi connectivity index (χ4n) is 3.12. The average Bonchev–Trinajstić information content (AvgIpc) is 3.22. The minimum Gasteiger partial charge on any atom is -0.494 e. The van der Waals surface area contributed by atoms with Gasteiger partial charge in [-0.3, -0.25) is 4.79 Å². The molecule has 1 heterocycles. The number of amides is 1. The second-order valence-corrected chi connectivity index (χ2v) is 7.36. The monoisotopic (exact) mass is 432 g/mol. The SMILES string of the molecule is CCOc1ccc(NC(=O)c2nc(-c3ccc(Cl)cc3)n(-c3cccc(C)c3)n2)cc1. The summed E-state index contributed by atoms with van der Waals surface area (Å²) in [4.78, 5) is 17.4. The van der Waals surface area contributed by atoms with E-state index in [4.69, 9.17) is 16.3 Å². The Bertz CT molecular complexity index is 1200. The van der Waals surface area contributed by atoms with Crippen LogP contribution in [0, 0.1) is 6.92 Å². The Morgan fingerprint density at radius 2 is 1.81 bits per heavy atom. The third-order valence-corrected chi connectivity index (χ3v) is 4.83. The summed E-state index contributed by atoms with van der Waals surface area (Å²) in [5.74, 6) is 0.970. The van der Waals surface area contributed by atoms with Gasteiger partial charge in [-0.05, 0) is 80.1 Å². The fraction of sp³-hybridized carbons (Fsp3) is 0.125. The number of ether oxygens (including phenoxy) is 1. The second kappa shape index (κ2) is 9.02. The number of aryl methyl sites for hydroxylation is 1. The predicted molar refractivity (Wildman–Crippen MR) is 122 cm³/mol. The standard InChI is InChI=1S/C24H21ClN4O2/c1-3-31-21-13-11-19(12-14-21)26-24(30)22-27-23(17-7-9-18(25)10-8-17)29(28-22)20-6-4-5-16(2)15-20/h4-15H,3H2,1-2H3,(H,26,30). The number of hydrogen-bond acceptors (Lipinski definition) is 4. The van der Waals surface area contributed by atoms with Crippen molar-refractivity contribution in [3.05, 3.63) is 89.2 Å². The first-order valence-electron chi connectivity index (χ1n) is 9.88. The lowest BCUT2D eigenvalue weighted by molar-refractivity contribution is 0.101. The van der Waals surface area contributed by atoms with Crippen LogP contribution in [-0.4, -0.2) is 27.3 Å². The lowest BCUT2D eigenvalue weighted by Crippen LogP contribution is -2.14. The molecule has 1 aromatic heterocycles. The van der Waals surface area contributed by atoms with E-state index in [0.29, 0.717) is 23.1 Å². The molecule has 4 aromatic rings. The summed E-state index contributed by atoms with van der Waals surface area (Å²) >= 11 is 6.04. The van der Waals surface area contributed by atoms with Gasteiger partial charge in [0, 0.05) is 16.3 Å². The lowest BCUT2D eigenvalue weighted by atomic mass is 10.2. The molecule has 0 aliphatic heterocycles. The number of rotatable bonds is 6. The Morgan fingerprint density at radius 1 is 1.06 bits per heavy atom. The smallest absolute Gasteiger partial charge is 0.295 e. The molecule has 0 bridgehead atoms. The van der Waals surface area contributed by atoms with Crippen molar-refractivity contribution in [3.63, 3.8) is 0 Å². The first kappa shape index (κ1) is 20.6. The minimum absolute atomic E-state index is 0.0698. The molecule has 0 spiro atoms. The van der Waals surface area contributed by atoms with Crippen LogP contribution in [0.3, 0.4) is 0 Å². The molecule has 4 rings (SSSR count). The third-order valence-electron chi connectivity index (χ3n) is 4.58. The largest absolute Gasteiger partial charge is 0.494 e. The number of nitrogens with zero attached hydrogens (tertiary/aromatic N) is 3. The zero-order chi connectivity index (χ0) is 21.8. The van der Waals surface area contributed by atoms with E-state index in [-0.39, 0.29) is 5.82 Å². The molecule has 6 nitrogen and oxygen atoms in total. The number of carbonyl (C=O) groups is 1. The van der Waals surface area contributed by atoms with Crippen molar-refractivity contribution in [2.75, 3.05) is 11.9 Å². The van der Waals surface area contributed by atoms with Crippen molar-refractivity contribution in [2.45, 2.75) is 13.8 Å². The quantitative estimate of drug-likeness (QED) is 0.434. The second-order valence-electron chi connectivity index (χ2n) is 6.93. The fourth-order valence-corrected chi connectivity index (χ4v) is 3.25. The lowest BCUT2D eigenvalue weighted by Gasteiger charge is -2.07. The van der Waals surface area contributed by atoms with E-state index in [0.717, 1.165) is 22.6 Å². The number of nitrogens with one attached hydrogen (secondary N) is 1. The van der Waals surface area contributed by atoms with Crippen LogP contribution in [-0.2, 0) is 0 Å². The zero-order valence-corrected chi connectivity index (χ0v) is 17.9. The topological polar surface area (TPSA) is 69.0 Å². The van der Waals surface area contributed by atoms with Gasteiger partial charge in [-0.15, -0.1) is 5.10 Å². The maximum absolute atomic E-state index is 12.9. The summed E-state index contributed by atoms with van der Waals surface area (Å²) in [6.07, 6.45) is 0. The van der Waals surface area contributed by atoms with E-state index in [1.54, 1.807) is 41.1 Å². The van der Waals surface area contributed by atoms with Gasteiger partial charge in [-0.1, -0.05) is 23.7 Å². The molecule has 0 saturated heterocycles. The molecule has 156 valence electrons. The van der Waals surface area contributed by atoms with Crippen molar-refractivity contribution in [1.29, 1.82) is 0 Å². The van der Waals surface area contributed by atoms with Crippen LogP contribution in [0.5, 0.6) is 5.75 Å². The molecule has 1 amide bonds. The van der Waals surface area contributed by atoms with Gasteiger partial charge in [0.05, 0.1) is 12.3 Å². The normalized spacial score (nSPS) is 10.7. The van der Waals surface area contributed by atoms with Gasteiger partial charge in [0.2, 0.25) is 5.82 Å². The van der Waals surface area contributed by atoms with Crippen molar-refractivity contribution in [1.82, 2.24) is 14.8 Å². The summed E-state index contributed by atoms with van der Waals surface area (Å²) in [7, 11) is 0. The molecular weight excluding hydrogens is 412 g/mol. The summed E-state index contributed by atoms with van der Waals surface area (Å²) < 4.78 is 7.11. The van der Waals surface area contributed by atoms with Crippen LogP contribution in [0.1, 0.15) is 23.1 Å². The van der Waals surface area contributed by atoms with Gasteiger partial charge in [0.25, 0.3) is 5.91 Å². The first-order valence-corrected chi connectivity index (χ1v) is 10.3. The molecular formula is C24H21ClN4O2. The number of aromatic nitrogens is 3. The molecule has 3 aromatic carbocycles. The zero-order valence-electron chi connectivity index (χ0n) is 17.2. The molecule has 0 radical (unpaired) electrons. The van der Waals surface area contributed by atoms with E-state index < -0.39 is 5.91 Å². The molecule has 0 atom stereocenters. The van der Waals surface area contributed by atoms with Crippen molar-refractivity contribution < 1.29 is 9.53 Å². The predicted octanol–water partition coefficient (Wildman–Crippen LogP) is 5.55. The minimum atomic E-state index is -0.397. The van der Waals surface area contributed by atoms with E-state index in [1.807, 2.05) is 50.2 Å². The van der Waals surface area contributed by atoms with Gasteiger partial charge in [0.1, 0.15) is 5.75 Å². The van der Waals surface area contributed by atoms with E-state index in [9.17, 15) is 4.79 Å². The number of halogens is 1. The molecule has 31 heavy (non-hydrogen) atoms. The van der Waals surface area contributed by atoms with Crippen molar-refractivity contribution in [2.24, 2.45) is 0 Å². The Hall–Kier alpha value is -3.64. The highest BCUT2D eigenvalue weighted by atomic mass is 35.5. The summed E-state index contributed by atoms with van der Waals surface area (Å²) in [6, 6.07) is 22.3. The van der Waals surface area contributed by atoms with Crippen LogP contribution in [0.25, 0.3) is 17.1 Å². The summed E-state index contributed by atoms with van der Waals surface area (Å²) in [5.41, 5.74) is 3.33. The molecule has 7 heteroatoms. The highest BCUT2D eigenvalue weighted by Gasteiger charge is 2.19. The molecule has 1 N–H and O–H groups in total. The number of hydrogen-bond donors (Lipinski definition) is 1. The van der Waals surface area contributed by atoms with Gasteiger partial charge < -0.3 is 10.1 Å². The van der Waals surface area contributed by atoms with Crippen LogP contribution >= 0.6 is 11.6 Å². The summed E-state index contributed by atoms with van der Waals surface area (Å²) in [6.45, 7) is 4.51. The maximum Gasteiger partial charge on any atom is 0.295 e. The Balaban J connectivity index is 1.68. The molecule has 0 saturated carbocycles. The van der Waals surface area contributed by atoms with Crippen LogP contribution in [0.4, 0.5) is 5.69 Å². The Labute approximate surface area is 185 Å². The van der Waals surface area contributed by atoms with Gasteiger partial charge in [0.15, 0.2) is 5.82 Å². The highest BCUT2D eigenvalue weighted by Crippen LogP contribution is 2.24. The first-order chi connectivity index (χ1) is 15.0. The van der Waals surface area contributed by atoms with Crippen LogP contribution in [0.2, 0.25) is 5.02 Å². The van der Waals surface area contributed by atoms with Gasteiger partial charge in [-0.25, -0.2) is 9.67 Å². The van der Waals surface area contributed by atoms with E-state index in [2.05, 4.69) is 15.4 Å². The number of benzene rings is 3. The number of anilines is 1. The molecule has 0 fully saturated rings. The molecule has 0 aliphatic rings. The number of carbonyl (C=O) groups excluding carboxylic acids is 1. The van der Waals surface area contributed by atoms with Crippen LogP contribution in [0.15, 0.2) is 72.8 Å². The molecule has 0 unspecified atom stereocenters. The van der Waals surface area contributed by atoms with Gasteiger partial charge in [-0.2, -0.15) is 0 Å². The summed E-state index contributed by atoms with van der Waals surface area (Å²) in [5, 5.41) is 7.96. The third kappa shape index (κ3) is 4.75. The Kier molecular flexibility index (Phi) is 6.00. The average molecular weight is 433 g/mol. The maximum atomic E-state index is 12.9. The van der Waals surface area contributed by atoms with Crippen LogP contribution < -0.4 is 10.1 Å². The van der Waals surface area contributed by atoms with E-state index in [1.165, 1.54) is 0 Å². The highest BCUT2D eigenvalue weighted by molar-refractivity contribution is 6.30.